The fraction of sp³-hybridized carbons (Fsp3) is 0.118. The molecule has 4 nitrogen and oxygen atoms in total. The molecule has 0 spiro atoms. The Morgan fingerprint density at radius 2 is 2.05 bits per heavy atom. The summed E-state index contributed by atoms with van der Waals surface area (Å²) in [6.07, 6.45) is 3.36. The summed E-state index contributed by atoms with van der Waals surface area (Å²) < 4.78 is 10.2. The lowest BCUT2D eigenvalue weighted by atomic mass is 10.2. The molecule has 0 saturated heterocycles. The third-order valence-corrected chi connectivity index (χ3v) is 4.22. The number of nitrogens with one attached hydrogen (secondary N) is 1. The van der Waals surface area contributed by atoms with Crippen molar-refractivity contribution in [1.82, 2.24) is 5.32 Å². The summed E-state index contributed by atoms with van der Waals surface area (Å²) in [5.41, 5.74) is 2.77. The van der Waals surface area contributed by atoms with E-state index in [4.69, 9.17) is 9.15 Å². The molecule has 1 N–H and O–H groups in total. The number of hydrogen-bond acceptors (Lipinski definition) is 4. The predicted octanol–water partition coefficient (Wildman–Crippen LogP) is 3.95. The molecular weight excluding hydrogens is 298 g/mol. The van der Waals surface area contributed by atoms with E-state index in [-0.39, 0.29) is 5.91 Å². The number of rotatable bonds is 5. The van der Waals surface area contributed by atoms with Gasteiger partial charge in [-0.05, 0) is 47.3 Å². The van der Waals surface area contributed by atoms with Gasteiger partial charge in [0.2, 0.25) is 0 Å². The van der Waals surface area contributed by atoms with Gasteiger partial charge < -0.3 is 14.5 Å². The zero-order chi connectivity index (χ0) is 15.4. The molecule has 2 aromatic heterocycles. The van der Waals surface area contributed by atoms with Crippen molar-refractivity contribution >= 4 is 17.2 Å². The smallest absolute Gasteiger partial charge is 0.251 e. The van der Waals surface area contributed by atoms with Gasteiger partial charge in [0.05, 0.1) is 26.2 Å². The summed E-state index contributed by atoms with van der Waals surface area (Å²) in [4.78, 5) is 13.2. The first-order valence-corrected chi connectivity index (χ1v) is 7.66. The van der Waals surface area contributed by atoms with Gasteiger partial charge in [0, 0.05) is 16.0 Å². The van der Waals surface area contributed by atoms with Crippen LogP contribution in [0, 0.1) is 0 Å². The van der Waals surface area contributed by atoms with Crippen molar-refractivity contribution in [2.45, 2.75) is 6.54 Å². The van der Waals surface area contributed by atoms with Gasteiger partial charge in [0.25, 0.3) is 5.91 Å². The van der Waals surface area contributed by atoms with Crippen molar-refractivity contribution in [3.05, 3.63) is 64.7 Å². The van der Waals surface area contributed by atoms with Gasteiger partial charge in [-0.2, -0.15) is 0 Å². The number of methoxy groups -OCH3 is 1. The Hall–Kier alpha value is -2.53. The molecule has 22 heavy (non-hydrogen) atoms. The van der Waals surface area contributed by atoms with Gasteiger partial charge >= 0.3 is 0 Å². The lowest BCUT2D eigenvalue weighted by Gasteiger charge is -2.04. The van der Waals surface area contributed by atoms with Crippen LogP contribution in [0.2, 0.25) is 0 Å². The molecule has 3 aromatic rings. The van der Waals surface area contributed by atoms with Crippen molar-refractivity contribution in [3.63, 3.8) is 0 Å². The Labute approximate surface area is 132 Å². The van der Waals surface area contributed by atoms with Crippen molar-refractivity contribution < 1.29 is 13.9 Å². The number of ether oxygens (including phenoxy) is 1. The van der Waals surface area contributed by atoms with Crippen molar-refractivity contribution in [1.29, 1.82) is 0 Å². The van der Waals surface area contributed by atoms with Crippen molar-refractivity contribution in [3.8, 4) is 16.9 Å². The summed E-state index contributed by atoms with van der Waals surface area (Å²) >= 11 is 1.61. The number of hydrogen-bond donors (Lipinski definition) is 1. The zero-order valence-corrected chi connectivity index (χ0v) is 12.9. The normalized spacial score (nSPS) is 10.4. The second-order valence-corrected chi connectivity index (χ2v) is 5.72. The van der Waals surface area contributed by atoms with Gasteiger partial charge in [0.15, 0.2) is 0 Å². The van der Waals surface area contributed by atoms with Crippen LogP contribution in [0.3, 0.4) is 0 Å². The molecule has 0 unspecified atom stereocenters. The number of thiophene rings is 1. The minimum absolute atomic E-state index is 0.0964. The van der Waals surface area contributed by atoms with Crippen LogP contribution in [0.1, 0.15) is 15.2 Å². The SMILES string of the molecule is COc1ccc(C(=O)NCc2cc(-c3ccoc3)cs2)cc1. The number of amides is 1. The van der Waals surface area contributed by atoms with Crippen LogP contribution in [-0.4, -0.2) is 13.0 Å². The molecule has 0 aliphatic carbocycles. The molecule has 2 heterocycles. The maximum atomic E-state index is 12.1. The average Bonchev–Trinajstić information content (AvgIpc) is 3.23. The van der Waals surface area contributed by atoms with E-state index in [1.165, 1.54) is 0 Å². The molecule has 112 valence electrons. The van der Waals surface area contributed by atoms with E-state index >= 15 is 0 Å². The molecule has 1 aromatic carbocycles. The lowest BCUT2D eigenvalue weighted by molar-refractivity contribution is 0.0951. The van der Waals surface area contributed by atoms with Crippen molar-refractivity contribution in [2.75, 3.05) is 7.11 Å². The van der Waals surface area contributed by atoms with E-state index in [9.17, 15) is 4.79 Å². The fourth-order valence-corrected chi connectivity index (χ4v) is 2.90. The number of carbonyl (C=O) groups is 1. The molecule has 0 atom stereocenters. The molecule has 0 aliphatic rings. The molecule has 0 fully saturated rings. The highest BCUT2D eigenvalue weighted by Crippen LogP contribution is 2.25. The van der Waals surface area contributed by atoms with Crippen LogP contribution in [-0.2, 0) is 6.54 Å². The zero-order valence-electron chi connectivity index (χ0n) is 12.0. The van der Waals surface area contributed by atoms with E-state index in [0.717, 1.165) is 21.8 Å². The van der Waals surface area contributed by atoms with Crippen LogP contribution in [0.4, 0.5) is 0 Å². The van der Waals surface area contributed by atoms with E-state index < -0.39 is 0 Å². The molecule has 0 bridgehead atoms. The van der Waals surface area contributed by atoms with Crippen LogP contribution >= 0.6 is 11.3 Å². The molecule has 3 rings (SSSR count). The second kappa shape index (κ2) is 6.49. The predicted molar refractivity (Wildman–Crippen MR) is 86.2 cm³/mol. The largest absolute Gasteiger partial charge is 0.497 e. The van der Waals surface area contributed by atoms with E-state index in [0.29, 0.717) is 12.1 Å². The number of benzene rings is 1. The highest BCUT2D eigenvalue weighted by Gasteiger charge is 2.08. The van der Waals surface area contributed by atoms with Crippen LogP contribution < -0.4 is 10.1 Å². The molecule has 0 aliphatic heterocycles. The quantitative estimate of drug-likeness (QED) is 0.776. The van der Waals surface area contributed by atoms with Crippen LogP contribution in [0.15, 0.2) is 58.7 Å². The fourth-order valence-electron chi connectivity index (χ4n) is 2.07. The minimum atomic E-state index is -0.0964. The topological polar surface area (TPSA) is 51.5 Å². The second-order valence-electron chi connectivity index (χ2n) is 4.72. The Kier molecular flexibility index (Phi) is 4.25. The Morgan fingerprint density at radius 1 is 1.23 bits per heavy atom. The standard InChI is InChI=1S/C17H15NO3S/c1-20-15-4-2-12(3-5-15)17(19)18-9-16-8-14(11-22-16)13-6-7-21-10-13/h2-8,10-11H,9H2,1H3,(H,18,19). The summed E-state index contributed by atoms with van der Waals surface area (Å²) in [7, 11) is 1.60. The summed E-state index contributed by atoms with van der Waals surface area (Å²) in [6.45, 7) is 0.507. The molecule has 1 amide bonds. The van der Waals surface area contributed by atoms with Gasteiger partial charge in [-0.3, -0.25) is 4.79 Å². The summed E-state index contributed by atoms with van der Waals surface area (Å²) in [5, 5.41) is 4.97. The van der Waals surface area contributed by atoms with E-state index in [2.05, 4.69) is 16.8 Å². The Morgan fingerprint density at radius 3 is 2.73 bits per heavy atom. The highest BCUT2D eigenvalue weighted by molar-refractivity contribution is 7.10. The molecule has 0 radical (unpaired) electrons. The highest BCUT2D eigenvalue weighted by atomic mass is 32.1. The third kappa shape index (κ3) is 3.20. The summed E-state index contributed by atoms with van der Waals surface area (Å²) in [5.74, 6) is 0.639. The van der Waals surface area contributed by atoms with E-state index in [1.807, 2.05) is 6.07 Å². The third-order valence-electron chi connectivity index (χ3n) is 3.28. The Bertz CT molecular complexity index is 745. The monoisotopic (exact) mass is 313 g/mol. The van der Waals surface area contributed by atoms with Gasteiger partial charge in [-0.25, -0.2) is 0 Å². The number of carbonyl (C=O) groups excluding carboxylic acids is 1. The summed E-state index contributed by atoms with van der Waals surface area (Å²) in [6, 6.07) is 11.0. The van der Waals surface area contributed by atoms with Crippen LogP contribution in [0.25, 0.3) is 11.1 Å². The Balaban J connectivity index is 1.61. The molecule has 5 heteroatoms. The molecule has 0 saturated carbocycles. The van der Waals surface area contributed by atoms with Crippen LogP contribution in [0.5, 0.6) is 5.75 Å². The lowest BCUT2D eigenvalue weighted by Crippen LogP contribution is -2.22. The molecular formula is C17H15NO3S. The maximum absolute atomic E-state index is 12.1. The average molecular weight is 313 g/mol. The van der Waals surface area contributed by atoms with Gasteiger partial charge in [-0.15, -0.1) is 11.3 Å². The van der Waals surface area contributed by atoms with E-state index in [1.54, 1.807) is 55.2 Å². The minimum Gasteiger partial charge on any atom is -0.497 e. The first-order valence-electron chi connectivity index (χ1n) is 6.78. The number of furan rings is 1. The maximum Gasteiger partial charge on any atom is 0.251 e. The first-order chi connectivity index (χ1) is 10.8. The van der Waals surface area contributed by atoms with Crippen molar-refractivity contribution in [2.24, 2.45) is 0 Å². The first kappa shape index (κ1) is 14.4. The van der Waals surface area contributed by atoms with Gasteiger partial charge in [-0.1, -0.05) is 0 Å². The van der Waals surface area contributed by atoms with Gasteiger partial charge in [0.1, 0.15) is 5.75 Å².